The highest BCUT2D eigenvalue weighted by molar-refractivity contribution is 7.99. The summed E-state index contributed by atoms with van der Waals surface area (Å²) in [6.07, 6.45) is 4.08. The van der Waals surface area contributed by atoms with E-state index in [2.05, 4.69) is 37.2 Å². The molecular weight excluding hydrogens is 386 g/mol. The van der Waals surface area contributed by atoms with Crippen LogP contribution in [0.25, 0.3) is 0 Å². The Kier molecular flexibility index (Phi) is 6.53. The molecule has 2 aromatic heterocycles. The number of benzene rings is 1. The standard InChI is InChI=1S/C21H23N5O2S/c27-20(18-10-4-5-11-22-18)23-13-19-24-25-21(29-15-17-9-6-12-28-17)26(19)14-16-7-2-1-3-8-16/h1-5,7-8,10-11,17H,6,9,12-15H2,(H,23,27)/t17-/m0/s1. The van der Waals surface area contributed by atoms with Crippen LogP contribution in [-0.4, -0.2) is 44.1 Å². The lowest BCUT2D eigenvalue weighted by atomic mass is 10.2. The molecule has 4 rings (SSSR count). The Labute approximate surface area is 173 Å². The van der Waals surface area contributed by atoms with E-state index in [4.69, 9.17) is 4.74 Å². The van der Waals surface area contributed by atoms with Crippen LogP contribution in [0.5, 0.6) is 0 Å². The van der Waals surface area contributed by atoms with E-state index in [-0.39, 0.29) is 18.6 Å². The van der Waals surface area contributed by atoms with E-state index in [0.717, 1.165) is 35.9 Å². The minimum Gasteiger partial charge on any atom is -0.377 e. The summed E-state index contributed by atoms with van der Waals surface area (Å²) in [5.41, 5.74) is 1.54. The first-order chi connectivity index (χ1) is 14.3. The van der Waals surface area contributed by atoms with Crippen LogP contribution in [0.1, 0.15) is 34.7 Å². The van der Waals surface area contributed by atoms with Gasteiger partial charge in [-0.15, -0.1) is 10.2 Å². The van der Waals surface area contributed by atoms with Gasteiger partial charge in [0.1, 0.15) is 5.69 Å². The number of thioether (sulfide) groups is 1. The number of hydrogen-bond donors (Lipinski definition) is 1. The van der Waals surface area contributed by atoms with Crippen LogP contribution in [0.4, 0.5) is 0 Å². The topological polar surface area (TPSA) is 81.9 Å². The highest BCUT2D eigenvalue weighted by Crippen LogP contribution is 2.24. The van der Waals surface area contributed by atoms with Crippen molar-refractivity contribution in [2.24, 2.45) is 0 Å². The summed E-state index contributed by atoms with van der Waals surface area (Å²) in [5.74, 6) is 1.34. The maximum Gasteiger partial charge on any atom is 0.270 e. The van der Waals surface area contributed by atoms with Crippen LogP contribution in [-0.2, 0) is 17.8 Å². The van der Waals surface area contributed by atoms with E-state index in [1.807, 2.05) is 18.2 Å². The third kappa shape index (κ3) is 5.21. The third-order valence-electron chi connectivity index (χ3n) is 4.70. The van der Waals surface area contributed by atoms with Gasteiger partial charge in [-0.3, -0.25) is 9.78 Å². The summed E-state index contributed by atoms with van der Waals surface area (Å²) in [5, 5.41) is 12.4. The van der Waals surface area contributed by atoms with E-state index in [1.54, 1.807) is 36.2 Å². The van der Waals surface area contributed by atoms with E-state index in [9.17, 15) is 4.79 Å². The van der Waals surface area contributed by atoms with Gasteiger partial charge in [0.05, 0.1) is 19.2 Å². The molecule has 1 saturated heterocycles. The molecule has 0 spiro atoms. The van der Waals surface area contributed by atoms with Crippen molar-refractivity contribution in [1.29, 1.82) is 0 Å². The highest BCUT2D eigenvalue weighted by Gasteiger charge is 2.19. The first-order valence-corrected chi connectivity index (χ1v) is 10.7. The molecule has 3 heterocycles. The van der Waals surface area contributed by atoms with Crippen molar-refractivity contribution >= 4 is 17.7 Å². The molecule has 0 aliphatic carbocycles. The van der Waals surface area contributed by atoms with Crippen LogP contribution in [0.2, 0.25) is 0 Å². The highest BCUT2D eigenvalue weighted by atomic mass is 32.2. The van der Waals surface area contributed by atoms with Crippen molar-refractivity contribution in [2.45, 2.75) is 37.2 Å². The maximum absolute atomic E-state index is 12.3. The molecular formula is C21H23N5O2S. The number of aromatic nitrogens is 4. The lowest BCUT2D eigenvalue weighted by Crippen LogP contribution is -2.25. The normalized spacial score (nSPS) is 16.1. The number of ether oxygens (including phenoxy) is 1. The Balaban J connectivity index is 1.48. The van der Waals surface area contributed by atoms with Gasteiger partial charge in [0.15, 0.2) is 11.0 Å². The smallest absolute Gasteiger partial charge is 0.270 e. The zero-order chi connectivity index (χ0) is 19.9. The maximum atomic E-state index is 12.3. The van der Waals surface area contributed by atoms with Crippen LogP contribution in [0.3, 0.4) is 0 Å². The molecule has 1 aromatic carbocycles. The zero-order valence-corrected chi connectivity index (χ0v) is 16.8. The van der Waals surface area contributed by atoms with E-state index >= 15 is 0 Å². The van der Waals surface area contributed by atoms with E-state index in [1.165, 1.54) is 0 Å². The number of nitrogens with zero attached hydrogens (tertiary/aromatic N) is 4. The second kappa shape index (κ2) is 9.67. The Morgan fingerprint density at radius 3 is 2.79 bits per heavy atom. The van der Waals surface area contributed by atoms with Gasteiger partial charge in [0.2, 0.25) is 0 Å². The fourth-order valence-electron chi connectivity index (χ4n) is 3.17. The van der Waals surface area contributed by atoms with Crippen molar-refractivity contribution in [3.05, 3.63) is 71.8 Å². The van der Waals surface area contributed by atoms with Crippen LogP contribution in [0, 0.1) is 0 Å². The first-order valence-electron chi connectivity index (χ1n) is 9.69. The summed E-state index contributed by atoms with van der Waals surface area (Å²) >= 11 is 1.65. The predicted molar refractivity (Wildman–Crippen MR) is 111 cm³/mol. The Hall–Kier alpha value is -2.71. The molecule has 0 radical (unpaired) electrons. The first kappa shape index (κ1) is 19.6. The molecule has 29 heavy (non-hydrogen) atoms. The molecule has 1 fully saturated rings. The minimum atomic E-state index is -0.228. The molecule has 1 aliphatic rings. The second-order valence-electron chi connectivity index (χ2n) is 6.81. The number of hydrogen-bond acceptors (Lipinski definition) is 6. The average Bonchev–Trinajstić information content (AvgIpc) is 3.42. The molecule has 3 aromatic rings. The number of carbonyl (C=O) groups is 1. The summed E-state index contributed by atoms with van der Waals surface area (Å²) in [7, 11) is 0. The van der Waals surface area contributed by atoms with Crippen LogP contribution in [0.15, 0.2) is 59.9 Å². The molecule has 8 heteroatoms. The van der Waals surface area contributed by atoms with Crippen molar-refractivity contribution in [3.8, 4) is 0 Å². The molecule has 0 unspecified atom stereocenters. The number of pyridine rings is 1. The summed E-state index contributed by atoms with van der Waals surface area (Å²) in [6, 6.07) is 15.4. The van der Waals surface area contributed by atoms with Crippen molar-refractivity contribution in [2.75, 3.05) is 12.4 Å². The second-order valence-corrected chi connectivity index (χ2v) is 7.80. The van der Waals surface area contributed by atoms with Gasteiger partial charge in [0, 0.05) is 18.6 Å². The molecule has 1 N–H and O–H groups in total. The summed E-state index contributed by atoms with van der Waals surface area (Å²) in [4.78, 5) is 16.4. The number of nitrogens with one attached hydrogen (secondary N) is 1. The van der Waals surface area contributed by atoms with Gasteiger partial charge >= 0.3 is 0 Å². The van der Waals surface area contributed by atoms with Crippen molar-refractivity contribution in [3.63, 3.8) is 0 Å². The van der Waals surface area contributed by atoms with Gasteiger partial charge in [-0.1, -0.05) is 48.2 Å². The minimum absolute atomic E-state index is 0.228. The third-order valence-corrected chi connectivity index (χ3v) is 5.80. The summed E-state index contributed by atoms with van der Waals surface area (Å²) in [6.45, 7) is 1.78. The van der Waals surface area contributed by atoms with Gasteiger partial charge in [0.25, 0.3) is 5.91 Å². The molecule has 0 saturated carbocycles. The number of carbonyl (C=O) groups excluding carboxylic acids is 1. The van der Waals surface area contributed by atoms with Gasteiger partial charge in [-0.05, 0) is 30.5 Å². The number of rotatable bonds is 8. The molecule has 1 atom stereocenters. The fraction of sp³-hybridized carbons (Fsp3) is 0.333. The van der Waals surface area contributed by atoms with Crippen LogP contribution >= 0.6 is 11.8 Å². The molecule has 1 aliphatic heterocycles. The largest absolute Gasteiger partial charge is 0.377 e. The van der Waals surface area contributed by atoms with Crippen LogP contribution < -0.4 is 5.32 Å². The molecule has 0 bridgehead atoms. The molecule has 1 amide bonds. The summed E-state index contributed by atoms with van der Waals surface area (Å²) < 4.78 is 7.79. The lowest BCUT2D eigenvalue weighted by molar-refractivity contribution is 0.0944. The quantitative estimate of drug-likeness (QED) is 0.576. The Bertz CT molecular complexity index is 927. The monoisotopic (exact) mass is 409 g/mol. The predicted octanol–water partition coefficient (Wildman–Crippen LogP) is 2.92. The Morgan fingerprint density at radius 1 is 1.17 bits per heavy atom. The molecule has 150 valence electrons. The van der Waals surface area contributed by atoms with Gasteiger partial charge in [-0.2, -0.15) is 0 Å². The molecule has 7 nitrogen and oxygen atoms in total. The van der Waals surface area contributed by atoms with Crippen molar-refractivity contribution < 1.29 is 9.53 Å². The fourth-order valence-corrected chi connectivity index (χ4v) is 4.19. The average molecular weight is 410 g/mol. The van der Waals surface area contributed by atoms with E-state index < -0.39 is 0 Å². The van der Waals surface area contributed by atoms with Crippen molar-refractivity contribution in [1.82, 2.24) is 25.1 Å². The van der Waals surface area contributed by atoms with E-state index in [0.29, 0.717) is 18.1 Å². The van der Waals surface area contributed by atoms with Gasteiger partial charge < -0.3 is 14.6 Å². The Morgan fingerprint density at radius 2 is 2.03 bits per heavy atom. The van der Waals surface area contributed by atoms with Gasteiger partial charge in [-0.25, -0.2) is 0 Å². The zero-order valence-electron chi connectivity index (χ0n) is 16.0. The lowest BCUT2D eigenvalue weighted by Gasteiger charge is -2.12. The SMILES string of the molecule is O=C(NCc1nnc(SC[C@@H]2CCCO2)n1Cc1ccccc1)c1ccccn1. The number of amides is 1.